The van der Waals surface area contributed by atoms with Crippen molar-refractivity contribution in [3.8, 4) is 0 Å². The van der Waals surface area contributed by atoms with Crippen molar-refractivity contribution in [2.24, 2.45) is 0 Å². The van der Waals surface area contributed by atoms with E-state index in [0.29, 0.717) is 18.7 Å². The van der Waals surface area contributed by atoms with E-state index in [-0.39, 0.29) is 11.5 Å². The van der Waals surface area contributed by atoms with E-state index >= 15 is 0 Å². The van der Waals surface area contributed by atoms with Gasteiger partial charge in [0.2, 0.25) is 10.0 Å². The Balaban J connectivity index is 2.44. The van der Waals surface area contributed by atoms with Gasteiger partial charge in [-0.25, -0.2) is 8.42 Å². The van der Waals surface area contributed by atoms with Crippen molar-refractivity contribution in [1.82, 2.24) is 4.31 Å². The molecule has 1 aliphatic rings. The number of sulfonamides is 1. The van der Waals surface area contributed by atoms with Crippen molar-refractivity contribution < 1.29 is 18.3 Å². The molecule has 21 heavy (non-hydrogen) atoms. The number of rotatable bonds is 3. The highest BCUT2D eigenvalue weighted by Crippen LogP contribution is 2.32. The molecular weight excluding hydrogens is 290 g/mol. The third kappa shape index (κ3) is 3.45. The minimum Gasteiger partial charge on any atom is -0.392 e. The Kier molecular flexibility index (Phi) is 4.19. The highest BCUT2D eigenvalue weighted by molar-refractivity contribution is 7.89. The minimum atomic E-state index is -3.65. The lowest BCUT2D eigenvalue weighted by Gasteiger charge is -2.46. The molecule has 0 saturated carbocycles. The first-order chi connectivity index (χ1) is 9.57. The van der Waals surface area contributed by atoms with Crippen LogP contribution in [0.3, 0.4) is 0 Å². The van der Waals surface area contributed by atoms with Gasteiger partial charge in [0.25, 0.3) is 0 Å². The van der Waals surface area contributed by atoms with Gasteiger partial charge >= 0.3 is 0 Å². The maximum absolute atomic E-state index is 12.9. The maximum Gasteiger partial charge on any atom is 0.243 e. The molecule has 0 atom stereocenters. The molecular formula is C15H23NO4S. The molecule has 1 saturated heterocycles. The second kappa shape index (κ2) is 5.35. The minimum absolute atomic E-state index is 0.168. The van der Waals surface area contributed by atoms with Crippen LogP contribution in [0.5, 0.6) is 0 Å². The van der Waals surface area contributed by atoms with Crippen LogP contribution in [0, 0.1) is 0 Å². The van der Waals surface area contributed by atoms with Crippen LogP contribution in [0.15, 0.2) is 29.2 Å². The largest absolute Gasteiger partial charge is 0.392 e. The van der Waals surface area contributed by atoms with E-state index in [1.165, 1.54) is 10.4 Å². The van der Waals surface area contributed by atoms with Crippen LogP contribution in [-0.2, 0) is 21.4 Å². The molecule has 0 radical (unpaired) electrons. The lowest BCUT2D eigenvalue weighted by atomic mass is 10.0. The van der Waals surface area contributed by atoms with Crippen LogP contribution in [0.25, 0.3) is 0 Å². The number of aliphatic hydroxyl groups is 1. The molecule has 0 amide bonds. The number of hydrogen-bond donors (Lipinski definition) is 1. The molecule has 1 heterocycles. The Labute approximate surface area is 126 Å². The zero-order valence-electron chi connectivity index (χ0n) is 13.0. The molecule has 0 bridgehead atoms. The molecule has 0 aromatic heterocycles. The Hall–Kier alpha value is -0.950. The summed E-state index contributed by atoms with van der Waals surface area (Å²) >= 11 is 0. The van der Waals surface area contributed by atoms with Gasteiger partial charge in [-0.3, -0.25) is 0 Å². The van der Waals surface area contributed by atoms with E-state index in [4.69, 9.17) is 4.74 Å². The Morgan fingerprint density at radius 2 is 1.67 bits per heavy atom. The molecule has 6 heteroatoms. The van der Waals surface area contributed by atoms with Gasteiger partial charge in [0, 0.05) is 13.1 Å². The maximum atomic E-state index is 12.9. The average Bonchev–Trinajstić information content (AvgIpc) is 2.35. The second-order valence-electron chi connectivity index (χ2n) is 6.66. The Morgan fingerprint density at radius 3 is 2.19 bits per heavy atom. The quantitative estimate of drug-likeness (QED) is 0.923. The summed E-state index contributed by atoms with van der Waals surface area (Å²) in [6.45, 7) is 7.81. The molecule has 0 spiro atoms. The molecule has 5 nitrogen and oxygen atoms in total. The molecule has 0 unspecified atom stereocenters. The molecule has 1 aromatic carbocycles. The van der Waals surface area contributed by atoms with Crippen molar-refractivity contribution in [3.63, 3.8) is 0 Å². The molecule has 1 aromatic rings. The third-order valence-electron chi connectivity index (χ3n) is 3.43. The second-order valence-corrected chi connectivity index (χ2v) is 8.57. The third-order valence-corrected chi connectivity index (χ3v) is 5.32. The van der Waals surface area contributed by atoms with Crippen molar-refractivity contribution in [1.29, 1.82) is 0 Å². The summed E-state index contributed by atoms with van der Waals surface area (Å²) in [5.74, 6) is 0. The molecule has 0 aliphatic carbocycles. The van der Waals surface area contributed by atoms with E-state index in [9.17, 15) is 13.5 Å². The number of morpholine rings is 1. The van der Waals surface area contributed by atoms with Crippen LogP contribution in [0.1, 0.15) is 33.3 Å². The van der Waals surface area contributed by atoms with Crippen LogP contribution in [0.2, 0.25) is 0 Å². The average molecular weight is 313 g/mol. The fourth-order valence-electron chi connectivity index (χ4n) is 2.91. The van der Waals surface area contributed by atoms with Crippen LogP contribution in [0.4, 0.5) is 0 Å². The topological polar surface area (TPSA) is 66.8 Å². The summed E-state index contributed by atoms with van der Waals surface area (Å²) in [6.07, 6.45) is 0. The molecule has 1 aliphatic heterocycles. The summed E-state index contributed by atoms with van der Waals surface area (Å²) < 4.78 is 33.2. The van der Waals surface area contributed by atoms with Crippen molar-refractivity contribution in [2.75, 3.05) is 13.1 Å². The fourth-order valence-corrected chi connectivity index (χ4v) is 4.87. The van der Waals surface area contributed by atoms with E-state index < -0.39 is 21.2 Å². The van der Waals surface area contributed by atoms with Crippen LogP contribution >= 0.6 is 0 Å². The Bertz CT molecular complexity index is 606. The van der Waals surface area contributed by atoms with E-state index in [2.05, 4.69) is 0 Å². The first-order valence-corrected chi connectivity index (χ1v) is 8.41. The molecule has 118 valence electrons. The molecule has 2 rings (SSSR count). The van der Waals surface area contributed by atoms with E-state index in [1.807, 2.05) is 27.7 Å². The lowest BCUT2D eigenvalue weighted by Crippen LogP contribution is -2.58. The smallest absolute Gasteiger partial charge is 0.243 e. The van der Waals surface area contributed by atoms with Gasteiger partial charge in [0.05, 0.1) is 22.7 Å². The predicted molar refractivity (Wildman–Crippen MR) is 80.4 cm³/mol. The standard InChI is InChI=1S/C15H23NO4S/c1-14(2)10-16(11-15(3,4)20-14)21(18,19)13-8-6-5-7-12(13)9-17/h5-8,17H,9-11H2,1-4H3. The van der Waals surface area contributed by atoms with Gasteiger partial charge in [0.15, 0.2) is 0 Å². The number of hydrogen-bond acceptors (Lipinski definition) is 4. The normalized spacial score (nSPS) is 22.1. The monoisotopic (exact) mass is 313 g/mol. The highest BCUT2D eigenvalue weighted by Gasteiger charge is 2.43. The first-order valence-electron chi connectivity index (χ1n) is 6.96. The van der Waals surface area contributed by atoms with Gasteiger partial charge in [0.1, 0.15) is 0 Å². The van der Waals surface area contributed by atoms with E-state index in [1.54, 1.807) is 18.2 Å². The zero-order valence-corrected chi connectivity index (χ0v) is 13.8. The van der Waals surface area contributed by atoms with E-state index in [0.717, 1.165) is 0 Å². The van der Waals surface area contributed by atoms with Crippen LogP contribution in [-0.4, -0.2) is 42.1 Å². The van der Waals surface area contributed by atoms with Crippen molar-refractivity contribution >= 4 is 10.0 Å². The summed E-state index contributed by atoms with van der Waals surface area (Å²) in [7, 11) is -3.65. The number of aliphatic hydroxyl groups excluding tert-OH is 1. The molecule has 1 fully saturated rings. The number of benzene rings is 1. The Morgan fingerprint density at radius 1 is 1.14 bits per heavy atom. The summed E-state index contributed by atoms with van der Waals surface area (Å²) in [6, 6.07) is 6.56. The summed E-state index contributed by atoms with van der Waals surface area (Å²) in [4.78, 5) is 0.168. The zero-order chi connectivity index (χ0) is 15.9. The van der Waals surface area contributed by atoms with Gasteiger partial charge in [-0.05, 0) is 39.3 Å². The fraction of sp³-hybridized carbons (Fsp3) is 0.600. The van der Waals surface area contributed by atoms with Crippen molar-refractivity contribution in [3.05, 3.63) is 29.8 Å². The first kappa shape index (κ1) is 16.4. The summed E-state index contributed by atoms with van der Waals surface area (Å²) in [5.41, 5.74) is -0.689. The molecule has 1 N–H and O–H groups in total. The van der Waals surface area contributed by atoms with Gasteiger partial charge in [-0.1, -0.05) is 18.2 Å². The highest BCUT2D eigenvalue weighted by atomic mass is 32.2. The summed E-state index contributed by atoms with van der Waals surface area (Å²) in [5, 5.41) is 9.38. The number of ether oxygens (including phenoxy) is 1. The van der Waals surface area contributed by atoms with Crippen molar-refractivity contribution in [2.45, 2.75) is 50.4 Å². The predicted octanol–water partition coefficient (Wildman–Crippen LogP) is 1.76. The van der Waals surface area contributed by atoms with Gasteiger partial charge in [-0.2, -0.15) is 4.31 Å². The lowest BCUT2D eigenvalue weighted by molar-refractivity contribution is -0.163. The SMILES string of the molecule is CC1(C)CN(S(=O)(=O)c2ccccc2CO)CC(C)(C)O1. The van der Waals surface area contributed by atoms with Gasteiger partial charge in [-0.15, -0.1) is 0 Å². The van der Waals surface area contributed by atoms with Crippen LogP contribution < -0.4 is 0 Å². The number of nitrogens with zero attached hydrogens (tertiary/aromatic N) is 1. The van der Waals surface area contributed by atoms with Gasteiger partial charge < -0.3 is 9.84 Å².